The summed E-state index contributed by atoms with van der Waals surface area (Å²) in [5.74, 6) is -0.811. The first-order valence-corrected chi connectivity index (χ1v) is 18.9. The van der Waals surface area contributed by atoms with Gasteiger partial charge in [-0.15, -0.1) is 0 Å². The number of nitriles is 2. The number of nitrogens with zero attached hydrogens (tertiary/aromatic N) is 4. The van der Waals surface area contributed by atoms with Crippen LogP contribution in [0.4, 0.5) is 5.69 Å². The third-order valence-corrected chi connectivity index (χ3v) is 11.0. The second kappa shape index (κ2) is 13.8. The van der Waals surface area contributed by atoms with E-state index in [1.165, 1.54) is 4.90 Å². The van der Waals surface area contributed by atoms with E-state index in [2.05, 4.69) is 28.8 Å². The second-order valence-corrected chi connectivity index (χ2v) is 14.2. The number of carbonyl (C=O) groups excluding carboxylic acids is 2. The Labute approximate surface area is 334 Å². The van der Waals surface area contributed by atoms with Crippen LogP contribution in [-0.4, -0.2) is 16.4 Å². The Bertz CT molecular complexity index is 3090. The highest BCUT2D eigenvalue weighted by Gasteiger charge is 2.40. The number of hydrogen-bond donors (Lipinski definition) is 0. The molecule has 0 unspecified atom stereocenters. The van der Waals surface area contributed by atoms with Gasteiger partial charge in [-0.1, -0.05) is 133 Å². The Balaban J connectivity index is 1.24. The molecule has 6 heteroatoms. The van der Waals surface area contributed by atoms with Crippen molar-refractivity contribution in [2.75, 3.05) is 4.90 Å². The lowest BCUT2D eigenvalue weighted by atomic mass is 9.97. The quantitative estimate of drug-likeness (QED) is 0.159. The van der Waals surface area contributed by atoms with Crippen LogP contribution in [0.2, 0.25) is 0 Å². The Kier molecular flexibility index (Phi) is 8.11. The number of para-hydroxylation sites is 2. The summed E-state index contributed by atoms with van der Waals surface area (Å²) in [6.45, 7) is 0. The minimum absolute atomic E-state index is 0.307. The van der Waals surface area contributed by atoms with E-state index in [-0.39, 0.29) is 0 Å². The fourth-order valence-electron chi connectivity index (χ4n) is 8.33. The Morgan fingerprint density at radius 1 is 0.379 bits per heavy atom. The maximum atomic E-state index is 15.2. The molecule has 58 heavy (non-hydrogen) atoms. The van der Waals surface area contributed by atoms with Crippen LogP contribution in [0.15, 0.2) is 182 Å². The topological polar surface area (TPSA) is 89.9 Å². The van der Waals surface area contributed by atoms with Gasteiger partial charge in [0.15, 0.2) is 0 Å². The van der Waals surface area contributed by atoms with Crippen molar-refractivity contribution in [2.45, 2.75) is 0 Å². The van der Waals surface area contributed by atoms with Crippen molar-refractivity contribution in [1.82, 2.24) is 4.57 Å². The number of benzene rings is 8. The van der Waals surface area contributed by atoms with Crippen LogP contribution in [0, 0.1) is 22.7 Å². The van der Waals surface area contributed by atoms with Crippen molar-refractivity contribution in [3.05, 3.63) is 204 Å². The highest BCUT2D eigenvalue weighted by Crippen LogP contribution is 2.45. The number of carbonyl (C=O) groups is 2. The van der Waals surface area contributed by atoms with E-state index < -0.39 is 11.8 Å². The molecular formula is C52H30N4O2. The molecule has 1 aliphatic heterocycles. The van der Waals surface area contributed by atoms with E-state index in [1.807, 2.05) is 140 Å². The lowest BCUT2D eigenvalue weighted by Gasteiger charge is -2.20. The number of amides is 2. The van der Waals surface area contributed by atoms with Crippen LogP contribution in [0.3, 0.4) is 0 Å². The minimum atomic E-state index is -0.415. The zero-order chi connectivity index (χ0) is 39.3. The monoisotopic (exact) mass is 742 g/mol. The van der Waals surface area contributed by atoms with Gasteiger partial charge in [0.1, 0.15) is 0 Å². The smallest absolute Gasteiger partial charge is 0.268 e. The molecule has 0 bridgehead atoms. The summed E-state index contributed by atoms with van der Waals surface area (Å²) in [6, 6.07) is 62.9. The van der Waals surface area contributed by atoms with E-state index in [4.69, 9.17) is 0 Å². The first kappa shape index (κ1) is 34.2. The highest BCUT2D eigenvalue weighted by atomic mass is 16.2. The first-order valence-electron chi connectivity index (χ1n) is 18.9. The molecule has 0 atom stereocenters. The van der Waals surface area contributed by atoms with Crippen LogP contribution >= 0.6 is 0 Å². The fraction of sp³-hybridized carbons (Fsp3) is 0. The number of hydrogen-bond acceptors (Lipinski definition) is 4. The molecule has 0 N–H and O–H groups in total. The molecule has 1 aromatic heterocycles. The van der Waals surface area contributed by atoms with Gasteiger partial charge in [0.25, 0.3) is 11.8 Å². The summed E-state index contributed by atoms with van der Waals surface area (Å²) in [6.07, 6.45) is 0. The molecule has 0 aliphatic carbocycles. The number of aromatic nitrogens is 1. The zero-order valence-electron chi connectivity index (χ0n) is 30.9. The van der Waals surface area contributed by atoms with Crippen LogP contribution in [0.1, 0.15) is 31.8 Å². The molecule has 2 amide bonds. The summed E-state index contributed by atoms with van der Waals surface area (Å²) < 4.78 is 2.12. The van der Waals surface area contributed by atoms with Gasteiger partial charge < -0.3 is 4.57 Å². The summed E-state index contributed by atoms with van der Waals surface area (Å²) in [5, 5.41) is 21.1. The molecular weight excluding hydrogens is 713 g/mol. The van der Waals surface area contributed by atoms with Crippen molar-refractivity contribution in [3.8, 4) is 62.3 Å². The van der Waals surface area contributed by atoms with Gasteiger partial charge in [-0.05, 0) is 76.3 Å². The van der Waals surface area contributed by atoms with Crippen molar-refractivity contribution in [3.63, 3.8) is 0 Å². The number of fused-ring (bicyclic) bond motifs is 4. The van der Waals surface area contributed by atoms with Gasteiger partial charge in [0, 0.05) is 27.5 Å². The van der Waals surface area contributed by atoms with Crippen LogP contribution in [-0.2, 0) is 0 Å². The molecule has 0 saturated carbocycles. The second-order valence-electron chi connectivity index (χ2n) is 14.2. The van der Waals surface area contributed by atoms with Gasteiger partial charge >= 0.3 is 0 Å². The number of imide groups is 1. The maximum absolute atomic E-state index is 15.2. The Hall–Kier alpha value is -8.32. The van der Waals surface area contributed by atoms with Crippen LogP contribution < -0.4 is 4.90 Å². The molecule has 6 nitrogen and oxygen atoms in total. The zero-order valence-corrected chi connectivity index (χ0v) is 30.9. The van der Waals surface area contributed by atoms with Gasteiger partial charge in [0.2, 0.25) is 0 Å². The number of rotatable bonds is 6. The lowest BCUT2D eigenvalue weighted by molar-refractivity contribution is 0.0926. The average molecular weight is 743 g/mol. The van der Waals surface area contributed by atoms with Gasteiger partial charge in [0.05, 0.1) is 56.8 Å². The van der Waals surface area contributed by atoms with Gasteiger partial charge in [-0.2, -0.15) is 10.5 Å². The van der Waals surface area contributed by atoms with E-state index in [0.717, 1.165) is 66.3 Å². The fourth-order valence-corrected chi connectivity index (χ4v) is 8.33. The molecule has 10 rings (SSSR count). The van der Waals surface area contributed by atoms with E-state index in [1.54, 1.807) is 30.3 Å². The SMILES string of the molecule is N#Cc1ccc(-c2cccc3c4cccc(-c5ccc(C#N)cc5)c4n(-c4cccc5c4C(=O)N(c4ccc(-c6ccccc6)cc4-c4ccccc4)C5=O)c23)cc1. The van der Waals surface area contributed by atoms with Crippen molar-refractivity contribution in [1.29, 1.82) is 10.5 Å². The van der Waals surface area contributed by atoms with Crippen LogP contribution in [0.25, 0.3) is 72.0 Å². The standard InChI is InChI=1S/C52H30N4O2/c53-31-33-20-24-37(25-21-33)40-14-7-16-42-43-17-8-15-41(38-26-22-34(32-54)23-27-38)50(43)55(49(40)42)47-19-9-18-44-48(47)52(58)56(51(44)57)46-29-28-39(35-10-3-1-4-11-35)30-45(46)36-12-5-2-6-13-36/h1-30H. The van der Waals surface area contributed by atoms with E-state index in [0.29, 0.717) is 33.6 Å². The molecule has 2 heterocycles. The van der Waals surface area contributed by atoms with Gasteiger partial charge in [-0.3, -0.25) is 9.59 Å². The van der Waals surface area contributed by atoms with E-state index in [9.17, 15) is 15.3 Å². The summed E-state index contributed by atoms with van der Waals surface area (Å²) >= 11 is 0. The summed E-state index contributed by atoms with van der Waals surface area (Å²) in [4.78, 5) is 31.3. The molecule has 0 radical (unpaired) electrons. The Morgan fingerprint density at radius 2 is 0.862 bits per heavy atom. The summed E-state index contributed by atoms with van der Waals surface area (Å²) in [5.41, 5.74) is 11.8. The third-order valence-electron chi connectivity index (χ3n) is 11.0. The molecule has 0 fully saturated rings. The summed E-state index contributed by atoms with van der Waals surface area (Å²) in [7, 11) is 0. The predicted octanol–water partition coefficient (Wildman–Crippen LogP) is 12.0. The maximum Gasteiger partial charge on any atom is 0.268 e. The van der Waals surface area contributed by atoms with Crippen LogP contribution in [0.5, 0.6) is 0 Å². The molecule has 0 spiro atoms. The minimum Gasteiger partial charge on any atom is -0.307 e. The highest BCUT2D eigenvalue weighted by molar-refractivity contribution is 6.36. The van der Waals surface area contributed by atoms with Gasteiger partial charge in [-0.25, -0.2) is 4.90 Å². The predicted molar refractivity (Wildman–Crippen MR) is 230 cm³/mol. The molecule has 8 aromatic carbocycles. The normalized spacial score (nSPS) is 12.1. The molecule has 1 aliphatic rings. The van der Waals surface area contributed by atoms with Crippen molar-refractivity contribution < 1.29 is 9.59 Å². The third kappa shape index (κ3) is 5.40. The van der Waals surface area contributed by atoms with Crippen molar-refractivity contribution >= 4 is 39.3 Å². The molecule has 270 valence electrons. The average Bonchev–Trinajstić information content (AvgIpc) is 3.77. The van der Waals surface area contributed by atoms with Crippen molar-refractivity contribution in [2.24, 2.45) is 0 Å². The molecule has 9 aromatic rings. The largest absolute Gasteiger partial charge is 0.307 e. The first-order chi connectivity index (χ1) is 28.5. The van der Waals surface area contributed by atoms with E-state index >= 15 is 4.79 Å². The lowest BCUT2D eigenvalue weighted by Crippen LogP contribution is -2.30. The molecule has 0 saturated heterocycles. The Morgan fingerprint density at radius 3 is 1.41 bits per heavy atom. The number of anilines is 1.